The molecule has 2 fully saturated rings. The molecule has 2 aliphatic heterocycles. The number of piperidine rings is 1. The second-order valence-corrected chi connectivity index (χ2v) is 10.5. The maximum atomic E-state index is 12.9. The highest BCUT2D eigenvalue weighted by molar-refractivity contribution is 7.91. The number of sulfone groups is 1. The molecule has 0 aliphatic carbocycles. The lowest BCUT2D eigenvalue weighted by Crippen LogP contribution is -2.42. The van der Waals surface area contributed by atoms with Gasteiger partial charge in [-0.15, -0.1) is 0 Å². The molecule has 2 heterocycles. The second-order valence-electron chi connectivity index (χ2n) is 8.28. The summed E-state index contributed by atoms with van der Waals surface area (Å²) in [4.78, 5) is 27.3. The van der Waals surface area contributed by atoms with E-state index in [1.54, 1.807) is 12.1 Å². The number of benzene rings is 1. The van der Waals surface area contributed by atoms with Crippen molar-refractivity contribution in [2.45, 2.75) is 33.6 Å². The summed E-state index contributed by atoms with van der Waals surface area (Å²) in [5.74, 6) is 0.0979. The number of rotatable bonds is 3. The fourth-order valence-electron chi connectivity index (χ4n) is 4.14. The van der Waals surface area contributed by atoms with Crippen molar-refractivity contribution < 1.29 is 18.0 Å². The first kappa shape index (κ1) is 19.9. The standard InChI is InChI=1S/C20H28N2O4S/c1-13-8-14(2)11-22(10-13)20(24)16-5-4-15(3)18(9-16)21-19(23)17-6-7-27(25,26)12-17/h4-5,9,13-14,17H,6-8,10-12H2,1-3H3,(H,21,23)/t13-,14-,17-/m1/s1. The van der Waals surface area contributed by atoms with Gasteiger partial charge >= 0.3 is 0 Å². The number of carbonyl (C=O) groups excluding carboxylic acids is 2. The minimum atomic E-state index is -3.11. The summed E-state index contributed by atoms with van der Waals surface area (Å²) in [6.45, 7) is 7.68. The molecule has 148 valence electrons. The molecule has 1 aromatic rings. The molecule has 0 spiro atoms. The molecule has 0 saturated carbocycles. The number of amides is 2. The molecular weight excluding hydrogens is 364 g/mol. The van der Waals surface area contributed by atoms with Gasteiger partial charge in [-0.25, -0.2) is 8.42 Å². The van der Waals surface area contributed by atoms with Crippen molar-refractivity contribution in [1.82, 2.24) is 4.90 Å². The summed E-state index contributed by atoms with van der Waals surface area (Å²) in [5, 5.41) is 2.83. The Kier molecular flexibility index (Phi) is 5.60. The molecular formula is C20H28N2O4S. The van der Waals surface area contributed by atoms with Crippen molar-refractivity contribution in [3.8, 4) is 0 Å². The van der Waals surface area contributed by atoms with Crippen LogP contribution in [0.4, 0.5) is 5.69 Å². The van der Waals surface area contributed by atoms with E-state index in [1.807, 2.05) is 17.9 Å². The Morgan fingerprint density at radius 2 is 1.81 bits per heavy atom. The first-order valence-electron chi connectivity index (χ1n) is 9.56. The van der Waals surface area contributed by atoms with Gasteiger partial charge in [-0.3, -0.25) is 9.59 Å². The Labute approximate surface area is 161 Å². The maximum absolute atomic E-state index is 12.9. The molecule has 3 atom stereocenters. The molecule has 1 aromatic carbocycles. The van der Waals surface area contributed by atoms with Gasteiger partial charge < -0.3 is 10.2 Å². The summed E-state index contributed by atoms with van der Waals surface area (Å²) in [6, 6.07) is 5.32. The number of anilines is 1. The lowest BCUT2D eigenvalue weighted by atomic mass is 9.91. The van der Waals surface area contributed by atoms with Crippen molar-refractivity contribution in [3.63, 3.8) is 0 Å². The number of aryl methyl sites for hydroxylation is 1. The number of hydrogen-bond acceptors (Lipinski definition) is 4. The maximum Gasteiger partial charge on any atom is 0.253 e. The van der Waals surface area contributed by atoms with E-state index in [1.165, 1.54) is 0 Å². The number of likely N-dealkylation sites (tertiary alicyclic amines) is 1. The van der Waals surface area contributed by atoms with Gasteiger partial charge in [0, 0.05) is 24.3 Å². The molecule has 0 unspecified atom stereocenters. The van der Waals surface area contributed by atoms with E-state index in [0.29, 0.717) is 29.5 Å². The number of nitrogens with one attached hydrogen (secondary N) is 1. The number of nitrogens with zero attached hydrogens (tertiary/aromatic N) is 1. The van der Waals surface area contributed by atoms with Gasteiger partial charge in [0.05, 0.1) is 17.4 Å². The normalized spacial score (nSPS) is 27.4. The van der Waals surface area contributed by atoms with Crippen molar-refractivity contribution in [1.29, 1.82) is 0 Å². The average molecular weight is 393 g/mol. The lowest BCUT2D eigenvalue weighted by molar-refractivity contribution is -0.119. The highest BCUT2D eigenvalue weighted by Crippen LogP contribution is 2.26. The second kappa shape index (κ2) is 7.62. The Hall–Kier alpha value is -1.89. The minimum absolute atomic E-state index is 0.0210. The first-order valence-corrected chi connectivity index (χ1v) is 11.4. The van der Waals surface area contributed by atoms with E-state index in [9.17, 15) is 18.0 Å². The van der Waals surface area contributed by atoms with E-state index < -0.39 is 15.8 Å². The van der Waals surface area contributed by atoms with Crippen LogP contribution < -0.4 is 5.32 Å². The number of hydrogen-bond donors (Lipinski definition) is 1. The van der Waals surface area contributed by atoms with Crippen LogP contribution in [0.3, 0.4) is 0 Å². The molecule has 0 aromatic heterocycles. The summed E-state index contributed by atoms with van der Waals surface area (Å²) >= 11 is 0. The zero-order valence-corrected chi connectivity index (χ0v) is 17.0. The van der Waals surface area contributed by atoms with E-state index >= 15 is 0 Å². The highest BCUT2D eigenvalue weighted by Gasteiger charge is 2.33. The number of carbonyl (C=O) groups is 2. The lowest BCUT2D eigenvalue weighted by Gasteiger charge is -2.35. The zero-order chi connectivity index (χ0) is 19.8. The third-order valence-electron chi connectivity index (χ3n) is 5.50. The summed E-state index contributed by atoms with van der Waals surface area (Å²) in [7, 11) is -3.11. The Morgan fingerprint density at radius 1 is 1.15 bits per heavy atom. The molecule has 1 N–H and O–H groups in total. The van der Waals surface area contributed by atoms with Crippen molar-refractivity contribution >= 4 is 27.3 Å². The van der Waals surface area contributed by atoms with Crippen LogP contribution in [0.2, 0.25) is 0 Å². The summed E-state index contributed by atoms with van der Waals surface area (Å²) < 4.78 is 23.2. The van der Waals surface area contributed by atoms with Crippen LogP contribution in [0.1, 0.15) is 42.6 Å². The van der Waals surface area contributed by atoms with Gasteiger partial charge in [-0.05, 0) is 49.3 Å². The average Bonchev–Trinajstić information content (AvgIpc) is 2.95. The van der Waals surface area contributed by atoms with Crippen LogP contribution in [-0.4, -0.2) is 49.7 Å². The highest BCUT2D eigenvalue weighted by atomic mass is 32.2. The van der Waals surface area contributed by atoms with Gasteiger partial charge in [0.25, 0.3) is 5.91 Å². The van der Waals surface area contributed by atoms with Crippen molar-refractivity contribution in [2.24, 2.45) is 17.8 Å². The molecule has 0 radical (unpaired) electrons. The third-order valence-corrected chi connectivity index (χ3v) is 7.27. The molecule has 7 heteroatoms. The topological polar surface area (TPSA) is 83.6 Å². The molecule has 0 bridgehead atoms. The van der Waals surface area contributed by atoms with Crippen LogP contribution >= 0.6 is 0 Å². The molecule has 2 amide bonds. The Morgan fingerprint density at radius 3 is 2.41 bits per heavy atom. The molecule has 2 saturated heterocycles. The van der Waals surface area contributed by atoms with Crippen LogP contribution in [0, 0.1) is 24.7 Å². The van der Waals surface area contributed by atoms with Crippen LogP contribution in [0.15, 0.2) is 18.2 Å². The monoisotopic (exact) mass is 392 g/mol. The van der Waals surface area contributed by atoms with Gasteiger partial charge in [-0.1, -0.05) is 19.9 Å². The minimum Gasteiger partial charge on any atom is -0.338 e. The summed E-state index contributed by atoms with van der Waals surface area (Å²) in [5.41, 5.74) is 1.98. The first-order chi connectivity index (χ1) is 12.6. The van der Waals surface area contributed by atoms with Gasteiger partial charge in [0.1, 0.15) is 0 Å². The zero-order valence-electron chi connectivity index (χ0n) is 16.2. The largest absolute Gasteiger partial charge is 0.338 e. The fraction of sp³-hybridized carbons (Fsp3) is 0.600. The quantitative estimate of drug-likeness (QED) is 0.857. The Balaban J connectivity index is 1.74. The van der Waals surface area contributed by atoms with E-state index in [2.05, 4.69) is 19.2 Å². The van der Waals surface area contributed by atoms with Crippen LogP contribution in [-0.2, 0) is 14.6 Å². The summed E-state index contributed by atoms with van der Waals surface area (Å²) in [6.07, 6.45) is 1.48. The van der Waals surface area contributed by atoms with Gasteiger partial charge in [0.2, 0.25) is 5.91 Å². The fourth-order valence-corrected chi connectivity index (χ4v) is 5.88. The van der Waals surface area contributed by atoms with Gasteiger partial charge in [-0.2, -0.15) is 0 Å². The molecule has 2 aliphatic rings. The Bertz CT molecular complexity index is 840. The van der Waals surface area contributed by atoms with Crippen LogP contribution in [0.5, 0.6) is 0 Å². The SMILES string of the molecule is Cc1ccc(C(=O)N2C[C@H](C)C[C@@H](C)C2)cc1NC(=O)[C@@H]1CCS(=O)(=O)C1. The predicted octanol–water partition coefficient (Wildman–Crippen LogP) is 2.49. The van der Waals surface area contributed by atoms with Gasteiger partial charge in [0.15, 0.2) is 9.84 Å². The van der Waals surface area contributed by atoms with E-state index in [-0.39, 0.29) is 23.3 Å². The van der Waals surface area contributed by atoms with Crippen molar-refractivity contribution in [3.05, 3.63) is 29.3 Å². The molecule has 6 nitrogen and oxygen atoms in total. The van der Waals surface area contributed by atoms with E-state index in [0.717, 1.165) is 25.1 Å². The van der Waals surface area contributed by atoms with Crippen molar-refractivity contribution in [2.75, 3.05) is 29.9 Å². The van der Waals surface area contributed by atoms with Crippen LogP contribution in [0.25, 0.3) is 0 Å². The molecule has 3 rings (SSSR count). The predicted molar refractivity (Wildman–Crippen MR) is 105 cm³/mol. The third kappa shape index (κ3) is 4.69. The smallest absolute Gasteiger partial charge is 0.253 e. The van der Waals surface area contributed by atoms with E-state index in [4.69, 9.17) is 0 Å². The molecule has 27 heavy (non-hydrogen) atoms.